The van der Waals surface area contributed by atoms with Gasteiger partial charge in [0.2, 0.25) is 0 Å². The maximum absolute atomic E-state index is 14.6. The number of aliphatic imine (C=N–C) groups is 1. The summed E-state index contributed by atoms with van der Waals surface area (Å²) in [6.45, 7) is 11.6. The lowest BCUT2D eigenvalue weighted by Crippen LogP contribution is -2.54. The molecule has 0 N–H and O–H groups in total. The molecule has 0 spiro atoms. The minimum Gasteiger partial charge on any atom is -0.493 e. The van der Waals surface area contributed by atoms with Gasteiger partial charge in [-0.25, -0.2) is 4.79 Å². The summed E-state index contributed by atoms with van der Waals surface area (Å²) in [5.41, 5.74) is 3.68. The second kappa shape index (κ2) is 13.0. The highest BCUT2D eigenvalue weighted by Gasteiger charge is 2.45. The Hall–Kier alpha value is -3.57. The second-order valence-electron chi connectivity index (χ2n) is 11.9. The number of hydrogen-bond donors (Lipinski definition) is 0. The van der Waals surface area contributed by atoms with Gasteiger partial charge in [-0.05, 0) is 65.4 Å². The van der Waals surface area contributed by atoms with Crippen molar-refractivity contribution < 1.29 is 9.53 Å². The number of hydrogen-bond acceptors (Lipinski definition) is 5. The summed E-state index contributed by atoms with van der Waals surface area (Å²) in [5.74, 6) is 1.25. The number of rotatable bonds is 6. The number of urea groups is 1. The number of ether oxygens (including phenoxy) is 1. The van der Waals surface area contributed by atoms with E-state index in [4.69, 9.17) is 32.9 Å². The van der Waals surface area contributed by atoms with Crippen LogP contribution in [0.4, 0.5) is 4.79 Å². The first kappa shape index (κ1) is 30.9. The van der Waals surface area contributed by atoms with Gasteiger partial charge in [-0.2, -0.15) is 5.26 Å². The van der Waals surface area contributed by atoms with Gasteiger partial charge in [0.25, 0.3) is 0 Å². The van der Waals surface area contributed by atoms with Gasteiger partial charge in [0.15, 0.2) is 0 Å². The van der Waals surface area contributed by atoms with Gasteiger partial charge in [0.1, 0.15) is 17.6 Å². The van der Waals surface area contributed by atoms with Crippen molar-refractivity contribution in [3.8, 4) is 11.8 Å². The maximum Gasteiger partial charge on any atom is 0.326 e. The summed E-state index contributed by atoms with van der Waals surface area (Å²) in [6.07, 6.45) is 0. The first-order chi connectivity index (χ1) is 20.6. The smallest absolute Gasteiger partial charge is 0.326 e. The lowest BCUT2D eigenvalue weighted by molar-refractivity contribution is 0.125. The van der Waals surface area contributed by atoms with Crippen LogP contribution in [0.1, 0.15) is 62.0 Å². The molecule has 0 aliphatic carbocycles. The minimum atomic E-state index is -0.435. The fourth-order valence-corrected chi connectivity index (χ4v) is 5.90. The predicted molar refractivity (Wildman–Crippen MR) is 172 cm³/mol. The first-order valence-corrected chi connectivity index (χ1v) is 15.4. The SMILES string of the molecule is CCOc1cc(C(C)(C)C)ccc1C1=N[C@@H](c2ccc(Cl)cc2)[C@@H](c2ccc(Cl)cc2)N1C(=O)N1CCN(CC#N)CC1. The number of carbonyl (C=O) groups is 1. The summed E-state index contributed by atoms with van der Waals surface area (Å²) in [5, 5.41) is 10.4. The van der Waals surface area contributed by atoms with Gasteiger partial charge in [-0.1, -0.05) is 74.3 Å². The number of nitrogens with zero attached hydrogens (tertiary/aromatic N) is 5. The number of amides is 2. The topological polar surface area (TPSA) is 72.2 Å². The van der Waals surface area contributed by atoms with Crippen molar-refractivity contribution in [2.24, 2.45) is 4.99 Å². The first-order valence-electron chi connectivity index (χ1n) is 14.6. The average molecular weight is 619 g/mol. The third kappa shape index (κ3) is 6.67. The minimum absolute atomic E-state index is 0.0852. The fourth-order valence-electron chi connectivity index (χ4n) is 5.65. The number of piperazine rings is 1. The Balaban J connectivity index is 1.66. The number of nitriles is 1. The second-order valence-corrected chi connectivity index (χ2v) is 12.8. The molecule has 43 heavy (non-hydrogen) atoms. The molecule has 0 aromatic heterocycles. The van der Waals surface area contributed by atoms with Gasteiger partial charge in [0, 0.05) is 36.2 Å². The lowest BCUT2D eigenvalue weighted by Gasteiger charge is -2.38. The standard InChI is InChI=1S/C34H37Cl2N5O2/c1-5-43-29-22-25(34(2,3)4)10-15-28(29)32-38-30(23-6-11-26(35)12-7-23)31(24-8-13-27(36)14-9-24)41(32)33(42)40-20-18-39(17-16-37)19-21-40/h6-15,22,30-31H,5,17-21H2,1-4H3/t30-,31+/m0/s1. The number of amidine groups is 1. The van der Waals surface area contributed by atoms with E-state index in [1.165, 1.54) is 0 Å². The van der Waals surface area contributed by atoms with E-state index in [-0.39, 0.29) is 11.4 Å². The van der Waals surface area contributed by atoms with Crippen molar-refractivity contribution in [2.75, 3.05) is 39.3 Å². The molecule has 2 amide bonds. The highest BCUT2D eigenvalue weighted by atomic mass is 35.5. The van der Waals surface area contributed by atoms with E-state index in [0.717, 1.165) is 22.3 Å². The van der Waals surface area contributed by atoms with Gasteiger partial charge >= 0.3 is 6.03 Å². The maximum atomic E-state index is 14.6. The third-order valence-corrected chi connectivity index (χ3v) is 8.53. The molecule has 2 aliphatic rings. The van der Waals surface area contributed by atoms with Crippen molar-refractivity contribution in [3.63, 3.8) is 0 Å². The molecule has 2 heterocycles. The normalized spacial score (nSPS) is 19.2. The molecule has 7 nitrogen and oxygen atoms in total. The van der Waals surface area contributed by atoms with E-state index in [2.05, 4.69) is 43.9 Å². The number of halogens is 2. The van der Waals surface area contributed by atoms with E-state index < -0.39 is 12.1 Å². The van der Waals surface area contributed by atoms with Crippen LogP contribution in [-0.4, -0.2) is 65.9 Å². The Bertz CT molecular complexity index is 1520. The summed E-state index contributed by atoms with van der Waals surface area (Å²) >= 11 is 12.6. The lowest BCUT2D eigenvalue weighted by atomic mass is 9.86. The number of benzene rings is 3. The van der Waals surface area contributed by atoms with Crippen LogP contribution in [0.3, 0.4) is 0 Å². The molecule has 1 saturated heterocycles. The summed E-state index contributed by atoms with van der Waals surface area (Å²) < 4.78 is 6.21. The summed E-state index contributed by atoms with van der Waals surface area (Å²) in [6, 6.07) is 22.7. The largest absolute Gasteiger partial charge is 0.493 e. The van der Waals surface area contributed by atoms with Crippen LogP contribution in [0.2, 0.25) is 10.0 Å². The van der Waals surface area contributed by atoms with Gasteiger partial charge < -0.3 is 9.64 Å². The summed E-state index contributed by atoms with van der Waals surface area (Å²) in [7, 11) is 0. The Kier molecular flexibility index (Phi) is 9.31. The third-order valence-electron chi connectivity index (χ3n) is 8.02. The van der Waals surface area contributed by atoms with Crippen LogP contribution < -0.4 is 4.74 Å². The van der Waals surface area contributed by atoms with Crippen molar-refractivity contribution in [1.29, 1.82) is 5.26 Å². The Morgan fingerprint density at radius 3 is 2.12 bits per heavy atom. The quantitative estimate of drug-likeness (QED) is 0.269. The zero-order valence-electron chi connectivity index (χ0n) is 25.1. The van der Waals surface area contributed by atoms with Crippen molar-refractivity contribution in [3.05, 3.63) is 99.0 Å². The monoisotopic (exact) mass is 617 g/mol. The van der Waals surface area contributed by atoms with E-state index in [9.17, 15) is 10.1 Å². The molecule has 3 aromatic carbocycles. The molecule has 3 aromatic rings. The van der Waals surface area contributed by atoms with E-state index in [1.54, 1.807) is 0 Å². The molecule has 0 radical (unpaired) electrons. The molecule has 2 atom stereocenters. The molecule has 224 valence electrons. The molecule has 9 heteroatoms. The van der Waals surface area contributed by atoms with Crippen LogP contribution in [0.5, 0.6) is 5.75 Å². The fraction of sp³-hybridized carbons (Fsp3) is 0.382. The van der Waals surface area contributed by atoms with E-state index >= 15 is 0 Å². The molecule has 0 unspecified atom stereocenters. The van der Waals surface area contributed by atoms with Crippen molar-refractivity contribution >= 4 is 35.1 Å². The van der Waals surface area contributed by atoms with Gasteiger partial charge in [-0.15, -0.1) is 0 Å². The Morgan fingerprint density at radius 2 is 1.56 bits per heavy atom. The highest BCUT2D eigenvalue weighted by molar-refractivity contribution is 6.30. The molecule has 5 rings (SSSR count). The molecular weight excluding hydrogens is 581 g/mol. The zero-order chi connectivity index (χ0) is 30.7. The molecule has 2 aliphatic heterocycles. The molecular formula is C34H37Cl2N5O2. The van der Waals surface area contributed by atoms with Gasteiger partial charge in [0.05, 0.1) is 30.8 Å². The van der Waals surface area contributed by atoms with Crippen LogP contribution in [0.25, 0.3) is 0 Å². The zero-order valence-corrected chi connectivity index (χ0v) is 26.6. The van der Waals surface area contributed by atoms with Crippen molar-refractivity contribution in [2.45, 2.75) is 45.2 Å². The average Bonchev–Trinajstić information content (AvgIpc) is 3.38. The van der Waals surface area contributed by atoms with Crippen LogP contribution in [-0.2, 0) is 5.41 Å². The van der Waals surface area contributed by atoms with Crippen molar-refractivity contribution in [1.82, 2.24) is 14.7 Å². The molecule has 0 bridgehead atoms. The van der Waals surface area contributed by atoms with Gasteiger partial charge in [-0.3, -0.25) is 14.8 Å². The van der Waals surface area contributed by atoms with E-state index in [0.29, 0.717) is 61.0 Å². The molecule has 1 fully saturated rings. The number of carbonyl (C=O) groups excluding carboxylic acids is 1. The Labute approximate surface area is 264 Å². The van der Waals surface area contributed by atoms with Crippen LogP contribution in [0.15, 0.2) is 71.7 Å². The Morgan fingerprint density at radius 1 is 0.953 bits per heavy atom. The van der Waals surface area contributed by atoms with Crippen LogP contribution >= 0.6 is 23.2 Å². The predicted octanol–water partition coefficient (Wildman–Crippen LogP) is 7.50. The van der Waals surface area contributed by atoms with Crippen LogP contribution in [0, 0.1) is 11.3 Å². The highest BCUT2D eigenvalue weighted by Crippen LogP contribution is 2.46. The molecule has 0 saturated carbocycles. The van der Waals surface area contributed by atoms with E-state index in [1.807, 2.05) is 71.3 Å². The summed E-state index contributed by atoms with van der Waals surface area (Å²) in [4.78, 5) is 25.7.